The Bertz CT molecular complexity index is 678. The molecule has 1 aliphatic heterocycles. The van der Waals surface area contributed by atoms with Gasteiger partial charge in [-0.2, -0.15) is 17.5 Å². The van der Waals surface area contributed by atoms with Crippen molar-refractivity contribution in [1.29, 1.82) is 0 Å². The van der Waals surface area contributed by atoms with Crippen LogP contribution in [0.5, 0.6) is 0 Å². The van der Waals surface area contributed by atoms with Gasteiger partial charge in [0.2, 0.25) is 10.0 Å². The van der Waals surface area contributed by atoms with Crippen LogP contribution in [0.25, 0.3) is 6.08 Å². The molecule has 8 heteroatoms. The summed E-state index contributed by atoms with van der Waals surface area (Å²) in [5, 5.41) is 3.07. The second-order valence-electron chi connectivity index (χ2n) is 5.40. The summed E-state index contributed by atoms with van der Waals surface area (Å²) in [5.74, 6) is -0.220. The Morgan fingerprint density at radius 3 is 2.52 bits per heavy atom. The van der Waals surface area contributed by atoms with Crippen molar-refractivity contribution in [1.82, 2.24) is 9.62 Å². The molecule has 0 saturated carbocycles. The van der Waals surface area contributed by atoms with Crippen molar-refractivity contribution in [3.63, 3.8) is 0 Å². The van der Waals surface area contributed by atoms with E-state index in [1.807, 2.05) is 0 Å². The molecular formula is C15H19F3N2O2S. The lowest BCUT2D eigenvalue weighted by atomic mass is 10.0. The van der Waals surface area contributed by atoms with Crippen molar-refractivity contribution in [2.24, 2.45) is 0 Å². The van der Waals surface area contributed by atoms with Gasteiger partial charge in [0.1, 0.15) is 0 Å². The molecule has 1 saturated heterocycles. The number of halogens is 3. The van der Waals surface area contributed by atoms with Gasteiger partial charge in [0.05, 0.1) is 11.3 Å². The highest BCUT2D eigenvalue weighted by molar-refractivity contribution is 7.89. The Labute approximate surface area is 134 Å². The molecule has 0 unspecified atom stereocenters. The van der Waals surface area contributed by atoms with Crippen LogP contribution in [0.3, 0.4) is 0 Å². The number of nitrogens with zero attached hydrogens (tertiary/aromatic N) is 1. The van der Waals surface area contributed by atoms with E-state index in [4.69, 9.17) is 0 Å². The quantitative estimate of drug-likeness (QED) is 0.908. The standard InChI is InChI=1S/C15H19F3N2O2S/c1-12-4-5-14(15(16,17)18)11-13(12)3-2-10-23(21,22)20-8-6-19-7-9-20/h2-5,11,19H,6-10H2,1H3. The zero-order valence-corrected chi connectivity index (χ0v) is 13.5. The summed E-state index contributed by atoms with van der Waals surface area (Å²) < 4.78 is 63.9. The summed E-state index contributed by atoms with van der Waals surface area (Å²) in [6.45, 7) is 3.73. The van der Waals surface area contributed by atoms with E-state index in [2.05, 4.69) is 5.32 Å². The highest BCUT2D eigenvalue weighted by atomic mass is 32.2. The molecule has 0 amide bonds. The number of hydrogen-bond donors (Lipinski definition) is 1. The normalized spacial score (nSPS) is 17.7. The number of alkyl halides is 3. The summed E-state index contributed by atoms with van der Waals surface area (Å²) >= 11 is 0. The van der Waals surface area contributed by atoms with Gasteiger partial charge in [0.15, 0.2) is 0 Å². The lowest BCUT2D eigenvalue weighted by Crippen LogP contribution is -2.46. The smallest absolute Gasteiger partial charge is 0.314 e. The lowest BCUT2D eigenvalue weighted by Gasteiger charge is -2.26. The predicted molar refractivity (Wildman–Crippen MR) is 83.4 cm³/mol. The molecular weight excluding hydrogens is 329 g/mol. The van der Waals surface area contributed by atoms with Crippen LogP contribution in [-0.4, -0.2) is 44.7 Å². The average Bonchev–Trinajstić information content (AvgIpc) is 2.49. The minimum atomic E-state index is -4.41. The first-order chi connectivity index (χ1) is 10.7. The molecule has 0 radical (unpaired) electrons. The molecule has 1 aromatic carbocycles. The summed E-state index contributed by atoms with van der Waals surface area (Å²) in [6.07, 6.45) is -1.58. The largest absolute Gasteiger partial charge is 0.416 e. The maximum atomic E-state index is 12.7. The van der Waals surface area contributed by atoms with Gasteiger partial charge in [-0.1, -0.05) is 18.2 Å². The predicted octanol–water partition coefficient (Wildman–Crippen LogP) is 2.26. The van der Waals surface area contributed by atoms with E-state index in [-0.39, 0.29) is 5.75 Å². The van der Waals surface area contributed by atoms with Crippen molar-refractivity contribution in [3.05, 3.63) is 41.0 Å². The van der Waals surface area contributed by atoms with Crippen molar-refractivity contribution in [2.45, 2.75) is 13.1 Å². The van der Waals surface area contributed by atoms with Crippen molar-refractivity contribution < 1.29 is 21.6 Å². The van der Waals surface area contributed by atoms with Crippen LogP contribution < -0.4 is 5.32 Å². The highest BCUT2D eigenvalue weighted by Crippen LogP contribution is 2.30. The maximum Gasteiger partial charge on any atom is 0.416 e. The number of benzene rings is 1. The van der Waals surface area contributed by atoms with Crippen LogP contribution in [0, 0.1) is 6.92 Å². The molecule has 1 aliphatic rings. The van der Waals surface area contributed by atoms with Crippen LogP contribution in [0.1, 0.15) is 16.7 Å². The molecule has 0 atom stereocenters. The van der Waals surface area contributed by atoms with Gasteiger partial charge in [0, 0.05) is 26.2 Å². The number of sulfonamides is 1. The molecule has 1 heterocycles. The Balaban J connectivity index is 2.11. The molecule has 23 heavy (non-hydrogen) atoms. The fourth-order valence-electron chi connectivity index (χ4n) is 2.32. The summed E-state index contributed by atoms with van der Waals surface area (Å²) in [6, 6.07) is 3.43. The topological polar surface area (TPSA) is 49.4 Å². The van der Waals surface area contributed by atoms with Crippen LogP contribution in [0.4, 0.5) is 13.2 Å². The third kappa shape index (κ3) is 4.79. The molecule has 2 rings (SSSR count). The van der Waals surface area contributed by atoms with Gasteiger partial charge in [-0.15, -0.1) is 0 Å². The molecule has 4 nitrogen and oxygen atoms in total. The monoisotopic (exact) mass is 348 g/mol. The molecule has 0 aliphatic carbocycles. The first-order valence-corrected chi connectivity index (χ1v) is 8.84. The fraction of sp³-hybridized carbons (Fsp3) is 0.467. The number of nitrogens with one attached hydrogen (secondary N) is 1. The Morgan fingerprint density at radius 1 is 1.26 bits per heavy atom. The highest BCUT2D eigenvalue weighted by Gasteiger charge is 2.30. The van der Waals surface area contributed by atoms with Gasteiger partial charge in [-0.3, -0.25) is 0 Å². The van der Waals surface area contributed by atoms with Crippen LogP contribution >= 0.6 is 0 Å². The van der Waals surface area contributed by atoms with Gasteiger partial charge in [0.25, 0.3) is 0 Å². The van der Waals surface area contributed by atoms with E-state index in [1.54, 1.807) is 6.92 Å². The molecule has 0 aromatic heterocycles. The van der Waals surface area contributed by atoms with Gasteiger partial charge in [-0.25, -0.2) is 8.42 Å². The van der Waals surface area contributed by atoms with Gasteiger partial charge >= 0.3 is 6.18 Å². The Hall–Kier alpha value is -1.38. The zero-order chi connectivity index (χ0) is 17.1. The van der Waals surface area contributed by atoms with E-state index in [1.165, 1.54) is 22.5 Å². The van der Waals surface area contributed by atoms with Crippen LogP contribution in [0.2, 0.25) is 0 Å². The summed E-state index contributed by atoms with van der Waals surface area (Å²) in [7, 11) is -3.42. The first-order valence-electron chi connectivity index (χ1n) is 7.23. The maximum absolute atomic E-state index is 12.7. The molecule has 1 aromatic rings. The first kappa shape index (κ1) is 18.0. The molecule has 0 spiro atoms. The number of rotatable bonds is 4. The summed E-state index contributed by atoms with van der Waals surface area (Å²) in [5.41, 5.74) is 0.289. The van der Waals surface area contributed by atoms with E-state index < -0.39 is 21.8 Å². The van der Waals surface area contributed by atoms with E-state index in [0.29, 0.717) is 37.3 Å². The van der Waals surface area contributed by atoms with Crippen molar-refractivity contribution in [3.8, 4) is 0 Å². The van der Waals surface area contributed by atoms with E-state index >= 15 is 0 Å². The third-order valence-corrected chi connectivity index (χ3v) is 5.45. The molecule has 1 N–H and O–H groups in total. The second kappa shape index (κ2) is 7.02. The second-order valence-corrected chi connectivity index (χ2v) is 7.41. The fourth-order valence-corrected chi connectivity index (χ4v) is 3.61. The SMILES string of the molecule is Cc1ccc(C(F)(F)F)cc1C=CCS(=O)(=O)N1CCNCC1. The van der Waals surface area contributed by atoms with Crippen molar-refractivity contribution >= 4 is 16.1 Å². The zero-order valence-electron chi connectivity index (χ0n) is 12.7. The molecule has 128 valence electrons. The number of piperazine rings is 1. The lowest BCUT2D eigenvalue weighted by molar-refractivity contribution is -0.137. The van der Waals surface area contributed by atoms with Gasteiger partial charge < -0.3 is 5.32 Å². The van der Waals surface area contributed by atoms with Gasteiger partial charge in [-0.05, 0) is 30.2 Å². The minimum Gasteiger partial charge on any atom is -0.314 e. The number of hydrogen-bond acceptors (Lipinski definition) is 3. The minimum absolute atomic E-state index is 0.220. The molecule has 0 bridgehead atoms. The average molecular weight is 348 g/mol. The van der Waals surface area contributed by atoms with Crippen LogP contribution in [0.15, 0.2) is 24.3 Å². The Morgan fingerprint density at radius 2 is 1.91 bits per heavy atom. The van der Waals surface area contributed by atoms with E-state index in [0.717, 1.165) is 12.1 Å². The third-order valence-electron chi connectivity index (χ3n) is 3.68. The van der Waals surface area contributed by atoms with E-state index in [9.17, 15) is 21.6 Å². The number of aryl methyl sites for hydroxylation is 1. The van der Waals surface area contributed by atoms with Crippen LogP contribution in [-0.2, 0) is 16.2 Å². The van der Waals surface area contributed by atoms with Crippen molar-refractivity contribution in [2.75, 3.05) is 31.9 Å². The summed E-state index contributed by atoms with van der Waals surface area (Å²) in [4.78, 5) is 0. The Kier molecular flexibility index (Phi) is 5.49. The molecule has 1 fully saturated rings.